The van der Waals surface area contributed by atoms with Gasteiger partial charge in [-0.3, -0.25) is 0 Å². The second kappa shape index (κ2) is 6.63. The van der Waals surface area contributed by atoms with E-state index in [0.717, 1.165) is 57.6 Å². The Balaban J connectivity index is 1.67. The van der Waals surface area contributed by atoms with Gasteiger partial charge in [0.1, 0.15) is 5.82 Å². The highest BCUT2D eigenvalue weighted by Crippen LogP contribution is 2.29. The topological polar surface area (TPSA) is 44.3 Å². The Hall–Kier alpha value is -1.36. The molecule has 0 aliphatic carbocycles. The smallest absolute Gasteiger partial charge is 0.227 e. The molecule has 0 amide bonds. The molecular weight excluding hydrogens is 286 g/mol. The lowest BCUT2D eigenvalue weighted by Crippen LogP contribution is -2.38. The summed E-state index contributed by atoms with van der Waals surface area (Å²) in [4.78, 5) is 14.9. The van der Waals surface area contributed by atoms with E-state index in [9.17, 15) is 0 Å². The molecule has 0 unspecified atom stereocenters. The lowest BCUT2D eigenvalue weighted by Gasteiger charge is -2.35. The summed E-state index contributed by atoms with van der Waals surface area (Å²) in [7, 11) is 0. The van der Waals surface area contributed by atoms with Gasteiger partial charge in [-0.15, -0.1) is 0 Å². The minimum absolute atomic E-state index is 0.842. The lowest BCUT2D eigenvalue weighted by atomic mass is 9.99. The van der Waals surface area contributed by atoms with Crippen LogP contribution >= 0.6 is 0 Å². The molecule has 1 aromatic rings. The van der Waals surface area contributed by atoms with Crippen molar-refractivity contribution in [3.63, 3.8) is 0 Å². The van der Waals surface area contributed by atoms with Gasteiger partial charge in [0.2, 0.25) is 5.95 Å². The third-order valence-corrected chi connectivity index (χ3v) is 5.62. The van der Waals surface area contributed by atoms with Crippen LogP contribution in [0.2, 0.25) is 0 Å². The fraction of sp³-hybridized carbons (Fsp3) is 0.778. The molecule has 2 saturated heterocycles. The van der Waals surface area contributed by atoms with Gasteiger partial charge in [0.15, 0.2) is 0 Å². The Labute approximate surface area is 139 Å². The molecule has 23 heavy (non-hydrogen) atoms. The molecule has 0 saturated carbocycles. The third kappa shape index (κ3) is 3.16. The van der Waals surface area contributed by atoms with E-state index in [1.807, 2.05) is 0 Å². The summed E-state index contributed by atoms with van der Waals surface area (Å²) in [5.74, 6) is 3.04. The molecule has 0 bridgehead atoms. The van der Waals surface area contributed by atoms with Crippen LogP contribution in [-0.4, -0.2) is 42.7 Å². The van der Waals surface area contributed by atoms with Crippen molar-refractivity contribution >= 4 is 11.8 Å². The van der Waals surface area contributed by atoms with E-state index in [2.05, 4.69) is 22.0 Å². The predicted octanol–water partition coefficient (Wildman–Crippen LogP) is 2.35. The van der Waals surface area contributed by atoms with Crippen molar-refractivity contribution in [2.75, 3.05) is 42.5 Å². The van der Waals surface area contributed by atoms with Gasteiger partial charge in [-0.2, -0.15) is 4.98 Å². The number of aromatic nitrogens is 2. The molecule has 0 radical (unpaired) electrons. The summed E-state index contributed by atoms with van der Waals surface area (Å²) >= 11 is 0. The minimum atomic E-state index is 0.842. The number of hydrogen-bond acceptors (Lipinski definition) is 5. The SMILES string of the molecule is CC1CCN(c2nc3c(c(N4CCCCC4)n2)CNCC3)CC1. The van der Waals surface area contributed by atoms with Gasteiger partial charge in [-0.05, 0) is 38.0 Å². The average molecular weight is 315 g/mol. The van der Waals surface area contributed by atoms with Crippen molar-refractivity contribution in [2.45, 2.75) is 52.0 Å². The largest absolute Gasteiger partial charge is 0.356 e. The molecule has 3 aliphatic rings. The number of fused-ring (bicyclic) bond motifs is 1. The second-order valence-electron chi connectivity index (χ2n) is 7.42. The van der Waals surface area contributed by atoms with Crippen molar-refractivity contribution in [2.24, 2.45) is 5.92 Å². The van der Waals surface area contributed by atoms with Crippen LogP contribution in [0.15, 0.2) is 0 Å². The van der Waals surface area contributed by atoms with E-state index in [4.69, 9.17) is 9.97 Å². The Kier molecular flexibility index (Phi) is 4.38. The van der Waals surface area contributed by atoms with Gasteiger partial charge in [0, 0.05) is 51.3 Å². The maximum Gasteiger partial charge on any atom is 0.227 e. The normalized spacial score (nSPS) is 23.0. The molecule has 5 heteroatoms. The molecule has 0 aromatic carbocycles. The van der Waals surface area contributed by atoms with Crippen LogP contribution in [0.3, 0.4) is 0 Å². The highest BCUT2D eigenvalue weighted by Gasteiger charge is 2.25. The number of piperidine rings is 2. The van der Waals surface area contributed by atoms with Gasteiger partial charge in [-0.25, -0.2) is 4.98 Å². The molecule has 1 aromatic heterocycles. The number of anilines is 2. The average Bonchev–Trinajstić information content (AvgIpc) is 2.62. The van der Waals surface area contributed by atoms with E-state index in [-0.39, 0.29) is 0 Å². The summed E-state index contributed by atoms with van der Waals surface area (Å²) in [5, 5.41) is 3.50. The highest BCUT2D eigenvalue weighted by molar-refractivity contribution is 5.54. The quantitative estimate of drug-likeness (QED) is 0.907. The number of nitrogens with zero attached hydrogens (tertiary/aromatic N) is 4. The third-order valence-electron chi connectivity index (χ3n) is 5.62. The van der Waals surface area contributed by atoms with Crippen LogP contribution in [0.1, 0.15) is 50.3 Å². The van der Waals surface area contributed by atoms with Gasteiger partial charge in [-0.1, -0.05) is 6.92 Å². The Morgan fingerprint density at radius 2 is 1.74 bits per heavy atom. The summed E-state index contributed by atoms with van der Waals surface area (Å²) in [6, 6.07) is 0. The zero-order valence-corrected chi connectivity index (χ0v) is 14.4. The Bertz CT molecular complexity index is 545. The number of rotatable bonds is 2. The van der Waals surface area contributed by atoms with Crippen molar-refractivity contribution in [1.82, 2.24) is 15.3 Å². The molecule has 4 heterocycles. The van der Waals surface area contributed by atoms with Gasteiger partial charge < -0.3 is 15.1 Å². The molecular formula is C18H29N5. The zero-order valence-electron chi connectivity index (χ0n) is 14.4. The van der Waals surface area contributed by atoms with Crippen LogP contribution in [0, 0.1) is 5.92 Å². The highest BCUT2D eigenvalue weighted by atomic mass is 15.3. The molecule has 4 rings (SSSR count). The molecule has 126 valence electrons. The predicted molar refractivity (Wildman–Crippen MR) is 94.1 cm³/mol. The molecule has 1 N–H and O–H groups in total. The molecule has 2 fully saturated rings. The monoisotopic (exact) mass is 315 g/mol. The van der Waals surface area contributed by atoms with Crippen LogP contribution in [0.25, 0.3) is 0 Å². The zero-order chi connectivity index (χ0) is 15.6. The first-order valence-electron chi connectivity index (χ1n) is 9.41. The summed E-state index contributed by atoms with van der Waals surface area (Å²) < 4.78 is 0. The molecule has 5 nitrogen and oxygen atoms in total. The lowest BCUT2D eigenvalue weighted by molar-refractivity contribution is 0.433. The summed E-state index contributed by atoms with van der Waals surface area (Å²) in [5.41, 5.74) is 2.64. The van der Waals surface area contributed by atoms with E-state index < -0.39 is 0 Å². The van der Waals surface area contributed by atoms with Crippen molar-refractivity contribution < 1.29 is 0 Å². The first-order valence-corrected chi connectivity index (χ1v) is 9.41. The van der Waals surface area contributed by atoms with Crippen molar-refractivity contribution in [3.8, 4) is 0 Å². The number of hydrogen-bond donors (Lipinski definition) is 1. The molecule has 3 aliphatic heterocycles. The first kappa shape index (κ1) is 15.2. The summed E-state index contributed by atoms with van der Waals surface area (Å²) in [6.45, 7) is 8.85. The first-order chi connectivity index (χ1) is 11.3. The number of nitrogens with one attached hydrogen (secondary N) is 1. The van der Waals surface area contributed by atoms with E-state index in [0.29, 0.717) is 0 Å². The van der Waals surface area contributed by atoms with Crippen molar-refractivity contribution in [1.29, 1.82) is 0 Å². The van der Waals surface area contributed by atoms with Gasteiger partial charge in [0.25, 0.3) is 0 Å². The standard InChI is InChI=1S/C18H29N5/c1-14-6-11-23(12-7-14)18-20-16-5-8-19-13-15(16)17(21-18)22-9-3-2-4-10-22/h14,19H,2-13H2,1H3. The Morgan fingerprint density at radius 1 is 0.957 bits per heavy atom. The van der Waals surface area contributed by atoms with Crippen molar-refractivity contribution in [3.05, 3.63) is 11.3 Å². The maximum atomic E-state index is 5.06. The minimum Gasteiger partial charge on any atom is -0.356 e. The van der Waals surface area contributed by atoms with Gasteiger partial charge in [0.05, 0.1) is 5.69 Å². The van der Waals surface area contributed by atoms with Gasteiger partial charge >= 0.3 is 0 Å². The van der Waals surface area contributed by atoms with E-state index in [1.54, 1.807) is 0 Å². The fourth-order valence-corrected chi connectivity index (χ4v) is 4.03. The maximum absolute atomic E-state index is 5.06. The van der Waals surface area contributed by atoms with Crippen LogP contribution in [-0.2, 0) is 13.0 Å². The van der Waals surface area contributed by atoms with E-state index in [1.165, 1.54) is 49.2 Å². The van der Waals surface area contributed by atoms with E-state index >= 15 is 0 Å². The van der Waals surface area contributed by atoms with Crippen LogP contribution in [0.4, 0.5) is 11.8 Å². The molecule has 0 spiro atoms. The summed E-state index contributed by atoms with van der Waals surface area (Å²) in [6.07, 6.45) is 7.52. The van der Waals surface area contributed by atoms with Crippen LogP contribution < -0.4 is 15.1 Å². The van der Waals surface area contributed by atoms with Crippen LogP contribution in [0.5, 0.6) is 0 Å². The Morgan fingerprint density at radius 3 is 2.52 bits per heavy atom. The molecule has 0 atom stereocenters. The second-order valence-corrected chi connectivity index (χ2v) is 7.42. The fourth-order valence-electron chi connectivity index (χ4n) is 4.03.